The van der Waals surface area contributed by atoms with Crippen molar-refractivity contribution in [2.75, 3.05) is 4.90 Å². The monoisotopic (exact) mass is 257 g/mol. The molecule has 6 heteroatoms. The first-order valence-corrected chi connectivity index (χ1v) is 5.76. The first kappa shape index (κ1) is 11.5. The van der Waals surface area contributed by atoms with Gasteiger partial charge in [0.25, 0.3) is 0 Å². The predicted molar refractivity (Wildman–Crippen MR) is 67.0 cm³/mol. The molecule has 1 aromatic heterocycles. The molecule has 0 fully saturated rings. The fraction of sp³-hybridized carbons (Fsp3) is 0.154. The number of carboxylic acids is 1. The van der Waals surface area contributed by atoms with Gasteiger partial charge in [-0.2, -0.15) is 0 Å². The number of aromatic carboxylic acids is 1. The molecule has 3 rings (SSSR count). The van der Waals surface area contributed by atoms with Gasteiger partial charge < -0.3 is 15.1 Å². The van der Waals surface area contributed by atoms with E-state index in [9.17, 15) is 9.90 Å². The van der Waals surface area contributed by atoms with Gasteiger partial charge >= 0.3 is 5.97 Å². The van der Waals surface area contributed by atoms with Crippen LogP contribution in [0.15, 0.2) is 30.5 Å². The van der Waals surface area contributed by atoms with Gasteiger partial charge in [-0.25, -0.2) is 14.8 Å². The van der Waals surface area contributed by atoms with Crippen LogP contribution in [0.1, 0.15) is 21.6 Å². The number of aromatic nitrogens is 2. The summed E-state index contributed by atoms with van der Waals surface area (Å²) < 4.78 is 0. The summed E-state index contributed by atoms with van der Waals surface area (Å²) in [5.41, 5.74) is 1.81. The lowest BCUT2D eigenvalue weighted by molar-refractivity contribution is 0.0690. The molecule has 1 aliphatic rings. The van der Waals surface area contributed by atoms with Crippen molar-refractivity contribution in [2.24, 2.45) is 0 Å². The minimum absolute atomic E-state index is 0.0369. The standard InChI is InChI=1S/C13H11N3O3/c17-11-3-1-2-8-6-16(7-9(8)11)13-14-5-4-10(15-13)12(18)19/h1-5,17H,6-7H2,(H,18,19). The number of phenolic OH excluding ortho intramolecular Hbond substituents is 1. The number of hydrogen-bond donors (Lipinski definition) is 2. The van der Waals surface area contributed by atoms with E-state index in [2.05, 4.69) is 9.97 Å². The topological polar surface area (TPSA) is 86.5 Å². The van der Waals surface area contributed by atoms with E-state index in [-0.39, 0.29) is 11.4 Å². The molecule has 0 unspecified atom stereocenters. The van der Waals surface area contributed by atoms with Crippen LogP contribution in [-0.4, -0.2) is 26.2 Å². The SMILES string of the molecule is O=C(O)c1ccnc(N2Cc3cccc(O)c3C2)n1. The van der Waals surface area contributed by atoms with Crippen LogP contribution in [0, 0.1) is 0 Å². The fourth-order valence-electron chi connectivity index (χ4n) is 2.17. The van der Waals surface area contributed by atoms with E-state index in [4.69, 9.17) is 5.11 Å². The molecule has 0 bridgehead atoms. The minimum Gasteiger partial charge on any atom is -0.508 e. The van der Waals surface area contributed by atoms with Gasteiger partial charge in [-0.3, -0.25) is 0 Å². The van der Waals surface area contributed by atoms with Crippen molar-refractivity contribution < 1.29 is 15.0 Å². The highest BCUT2D eigenvalue weighted by atomic mass is 16.4. The molecule has 1 aromatic carbocycles. The maximum Gasteiger partial charge on any atom is 0.354 e. The number of rotatable bonds is 2. The van der Waals surface area contributed by atoms with Gasteiger partial charge in [-0.1, -0.05) is 12.1 Å². The lowest BCUT2D eigenvalue weighted by Crippen LogP contribution is -2.18. The van der Waals surface area contributed by atoms with Crippen LogP contribution in [0.4, 0.5) is 5.95 Å². The lowest BCUT2D eigenvalue weighted by Gasteiger charge is -2.14. The van der Waals surface area contributed by atoms with Gasteiger partial charge in [0.2, 0.25) is 5.95 Å². The number of hydrogen-bond acceptors (Lipinski definition) is 5. The second-order valence-electron chi connectivity index (χ2n) is 4.32. The molecule has 0 spiro atoms. The number of anilines is 1. The zero-order valence-corrected chi connectivity index (χ0v) is 9.95. The van der Waals surface area contributed by atoms with E-state index in [0.29, 0.717) is 19.0 Å². The molecular weight excluding hydrogens is 246 g/mol. The third-order valence-electron chi connectivity index (χ3n) is 3.10. The second-order valence-corrected chi connectivity index (χ2v) is 4.32. The first-order valence-electron chi connectivity index (χ1n) is 5.76. The minimum atomic E-state index is -1.08. The number of nitrogens with zero attached hydrogens (tertiary/aromatic N) is 3. The molecule has 0 aliphatic carbocycles. The summed E-state index contributed by atoms with van der Waals surface area (Å²) in [7, 11) is 0. The Morgan fingerprint density at radius 1 is 1.26 bits per heavy atom. The average molecular weight is 257 g/mol. The largest absolute Gasteiger partial charge is 0.508 e. The van der Waals surface area contributed by atoms with Crippen molar-refractivity contribution in [3.8, 4) is 5.75 Å². The Morgan fingerprint density at radius 2 is 2.11 bits per heavy atom. The van der Waals surface area contributed by atoms with E-state index >= 15 is 0 Å². The molecule has 6 nitrogen and oxygen atoms in total. The molecule has 1 aliphatic heterocycles. The van der Waals surface area contributed by atoms with Gasteiger partial charge in [-0.05, 0) is 17.7 Å². The molecule has 0 amide bonds. The molecule has 96 valence electrons. The smallest absolute Gasteiger partial charge is 0.354 e. The summed E-state index contributed by atoms with van der Waals surface area (Å²) in [6, 6.07) is 6.70. The maximum atomic E-state index is 10.9. The van der Waals surface area contributed by atoms with Crippen molar-refractivity contribution in [3.05, 3.63) is 47.3 Å². The zero-order valence-electron chi connectivity index (χ0n) is 9.95. The van der Waals surface area contributed by atoms with Crippen molar-refractivity contribution in [2.45, 2.75) is 13.1 Å². The number of carboxylic acid groups (broad SMARTS) is 1. The van der Waals surface area contributed by atoms with E-state index in [1.165, 1.54) is 12.3 Å². The molecule has 2 aromatic rings. The average Bonchev–Trinajstić information content (AvgIpc) is 2.84. The summed E-state index contributed by atoms with van der Waals surface area (Å²) in [4.78, 5) is 20.8. The van der Waals surface area contributed by atoms with Gasteiger partial charge in [-0.15, -0.1) is 0 Å². The number of phenols is 1. The molecular formula is C13H11N3O3. The van der Waals surface area contributed by atoms with Crippen LogP contribution in [0.3, 0.4) is 0 Å². The predicted octanol–water partition coefficient (Wildman–Crippen LogP) is 1.40. The van der Waals surface area contributed by atoms with Gasteiger partial charge in [0, 0.05) is 18.3 Å². The van der Waals surface area contributed by atoms with E-state index < -0.39 is 5.97 Å². The van der Waals surface area contributed by atoms with Gasteiger partial charge in [0.05, 0.1) is 6.54 Å². The normalized spacial score (nSPS) is 13.4. The Hall–Kier alpha value is -2.63. The zero-order chi connectivity index (χ0) is 13.4. The molecule has 0 radical (unpaired) electrons. The van der Waals surface area contributed by atoms with Crippen molar-refractivity contribution in [1.82, 2.24) is 9.97 Å². The summed E-state index contributed by atoms with van der Waals surface area (Å²) >= 11 is 0. The van der Waals surface area contributed by atoms with E-state index in [1.807, 2.05) is 11.0 Å². The fourth-order valence-corrected chi connectivity index (χ4v) is 2.17. The number of fused-ring (bicyclic) bond motifs is 1. The number of aromatic hydroxyl groups is 1. The summed E-state index contributed by atoms with van der Waals surface area (Å²) in [5, 5.41) is 18.7. The van der Waals surface area contributed by atoms with Gasteiger partial charge in [0.15, 0.2) is 5.69 Å². The van der Waals surface area contributed by atoms with Crippen LogP contribution in [0.2, 0.25) is 0 Å². The van der Waals surface area contributed by atoms with Crippen molar-refractivity contribution >= 4 is 11.9 Å². The van der Waals surface area contributed by atoms with Crippen LogP contribution >= 0.6 is 0 Å². The third kappa shape index (κ3) is 1.97. The number of carbonyl (C=O) groups is 1. The molecule has 0 atom stereocenters. The Bertz CT molecular complexity index is 657. The van der Waals surface area contributed by atoms with Crippen LogP contribution in [0.25, 0.3) is 0 Å². The Labute approximate surface area is 109 Å². The first-order chi connectivity index (χ1) is 9.15. The maximum absolute atomic E-state index is 10.9. The molecule has 2 N–H and O–H groups in total. The summed E-state index contributed by atoms with van der Waals surface area (Å²) in [6.07, 6.45) is 1.43. The Kier molecular flexibility index (Phi) is 2.56. The quantitative estimate of drug-likeness (QED) is 0.845. The summed E-state index contributed by atoms with van der Waals surface area (Å²) in [5.74, 6) is -0.479. The van der Waals surface area contributed by atoms with Crippen molar-refractivity contribution in [3.63, 3.8) is 0 Å². The van der Waals surface area contributed by atoms with Crippen LogP contribution < -0.4 is 4.90 Å². The molecule has 0 saturated heterocycles. The highest BCUT2D eigenvalue weighted by Gasteiger charge is 2.24. The van der Waals surface area contributed by atoms with Crippen LogP contribution in [0.5, 0.6) is 5.75 Å². The highest BCUT2D eigenvalue weighted by molar-refractivity contribution is 5.85. The highest BCUT2D eigenvalue weighted by Crippen LogP contribution is 2.31. The van der Waals surface area contributed by atoms with E-state index in [0.717, 1.165) is 11.1 Å². The molecule has 19 heavy (non-hydrogen) atoms. The second kappa shape index (κ2) is 4.24. The number of benzene rings is 1. The summed E-state index contributed by atoms with van der Waals surface area (Å²) in [6.45, 7) is 1.04. The van der Waals surface area contributed by atoms with Crippen molar-refractivity contribution in [1.29, 1.82) is 0 Å². The molecule has 2 heterocycles. The Balaban J connectivity index is 1.93. The lowest BCUT2D eigenvalue weighted by atomic mass is 10.1. The molecule has 0 saturated carbocycles. The third-order valence-corrected chi connectivity index (χ3v) is 3.10. The van der Waals surface area contributed by atoms with E-state index in [1.54, 1.807) is 12.1 Å². The Morgan fingerprint density at radius 3 is 2.84 bits per heavy atom. The van der Waals surface area contributed by atoms with Crippen LogP contribution in [-0.2, 0) is 13.1 Å². The van der Waals surface area contributed by atoms with Gasteiger partial charge in [0.1, 0.15) is 5.75 Å².